The third-order valence-electron chi connectivity index (χ3n) is 7.08. The van der Waals surface area contributed by atoms with E-state index in [0.717, 1.165) is 32.2 Å². The number of carbonyl (C=O) groups is 2. The first-order valence-electron chi connectivity index (χ1n) is 11.1. The molecule has 2 saturated heterocycles. The van der Waals surface area contributed by atoms with Crippen LogP contribution in [0.25, 0.3) is 0 Å². The summed E-state index contributed by atoms with van der Waals surface area (Å²) in [6.07, 6.45) is 3.51. The smallest absolute Gasteiger partial charge is 0.318 e. The van der Waals surface area contributed by atoms with Gasteiger partial charge in [-0.05, 0) is 37.8 Å². The monoisotopic (exact) mass is 448 g/mol. The fraction of sp³-hybridized carbons (Fsp3) is 0.636. The molecule has 2 aliphatic heterocycles. The highest BCUT2D eigenvalue weighted by Crippen LogP contribution is 2.43. The number of nitrogens with zero attached hydrogens (tertiary/aromatic N) is 2. The van der Waals surface area contributed by atoms with Crippen LogP contribution in [0.15, 0.2) is 30.3 Å². The molecular weight excluding hydrogens is 416 g/mol. The van der Waals surface area contributed by atoms with Gasteiger partial charge in [-0.3, -0.25) is 4.79 Å². The molecule has 3 aliphatic rings. The summed E-state index contributed by atoms with van der Waals surface area (Å²) in [5.74, 6) is -0.175. The molecule has 170 valence electrons. The van der Waals surface area contributed by atoms with Crippen LogP contribution >= 0.6 is 0 Å². The van der Waals surface area contributed by atoms with E-state index in [1.54, 1.807) is 9.80 Å². The minimum absolute atomic E-state index is 0.000864. The standard InChI is InChI=1S/C22H32N4O4S/c1-2-23-22(18-6-4-3-5-7-18)10-8-21(9-11-22)17-26(20(28)24-21)16-19(27)25-12-14-31(29,30)15-13-25/h3-7,23H,2,8-17H2,1H3,(H,24,28)/t21-,22+. The van der Waals surface area contributed by atoms with Gasteiger partial charge in [0.2, 0.25) is 5.91 Å². The summed E-state index contributed by atoms with van der Waals surface area (Å²) in [4.78, 5) is 28.5. The average molecular weight is 449 g/mol. The van der Waals surface area contributed by atoms with Gasteiger partial charge in [-0.25, -0.2) is 13.2 Å². The predicted molar refractivity (Wildman–Crippen MR) is 118 cm³/mol. The largest absolute Gasteiger partial charge is 0.339 e. The van der Waals surface area contributed by atoms with Gasteiger partial charge in [0.05, 0.1) is 17.0 Å². The molecule has 9 heteroatoms. The minimum Gasteiger partial charge on any atom is -0.339 e. The highest BCUT2D eigenvalue weighted by Gasteiger charge is 2.49. The van der Waals surface area contributed by atoms with Crippen LogP contribution in [0, 0.1) is 0 Å². The molecule has 1 aromatic carbocycles. The van der Waals surface area contributed by atoms with Crippen LogP contribution in [0.1, 0.15) is 38.2 Å². The van der Waals surface area contributed by atoms with E-state index < -0.39 is 9.84 Å². The first-order chi connectivity index (χ1) is 14.8. The molecule has 8 nitrogen and oxygen atoms in total. The van der Waals surface area contributed by atoms with Crippen molar-refractivity contribution >= 4 is 21.8 Å². The fourth-order valence-corrected chi connectivity index (χ4v) is 6.44. The highest BCUT2D eigenvalue weighted by atomic mass is 32.2. The minimum atomic E-state index is -3.04. The number of urea groups is 1. The normalized spacial score (nSPS) is 30.4. The SMILES string of the molecule is CCN[C@]1(c2ccccc2)CC[C@]2(CC1)CN(CC(=O)N1CCS(=O)(=O)CC1)C(=O)N2. The molecule has 1 spiro atoms. The highest BCUT2D eigenvalue weighted by molar-refractivity contribution is 7.91. The molecule has 2 N–H and O–H groups in total. The van der Waals surface area contributed by atoms with Crippen LogP contribution < -0.4 is 10.6 Å². The molecular formula is C22H32N4O4S. The Morgan fingerprint density at radius 1 is 1.10 bits per heavy atom. The maximum Gasteiger partial charge on any atom is 0.318 e. The van der Waals surface area contributed by atoms with Crippen LogP contribution in [0.4, 0.5) is 4.79 Å². The van der Waals surface area contributed by atoms with Crippen molar-refractivity contribution in [1.29, 1.82) is 0 Å². The van der Waals surface area contributed by atoms with Crippen LogP contribution in [0.3, 0.4) is 0 Å². The number of nitrogens with one attached hydrogen (secondary N) is 2. The summed E-state index contributed by atoms with van der Waals surface area (Å²) in [5.41, 5.74) is 0.883. The lowest BCUT2D eigenvalue weighted by Gasteiger charge is -2.45. The molecule has 0 aromatic heterocycles. The maximum absolute atomic E-state index is 12.7. The van der Waals surface area contributed by atoms with Crippen LogP contribution in [-0.2, 0) is 20.2 Å². The summed E-state index contributed by atoms with van der Waals surface area (Å²) in [5, 5.41) is 6.85. The van der Waals surface area contributed by atoms with Gasteiger partial charge in [0.15, 0.2) is 9.84 Å². The number of sulfone groups is 1. The quantitative estimate of drug-likeness (QED) is 0.703. The van der Waals surface area contributed by atoms with Gasteiger partial charge in [-0.1, -0.05) is 37.3 Å². The third kappa shape index (κ3) is 4.57. The van der Waals surface area contributed by atoms with Gasteiger partial charge in [0.25, 0.3) is 0 Å². The number of carbonyl (C=O) groups excluding carboxylic acids is 2. The third-order valence-corrected chi connectivity index (χ3v) is 8.69. The van der Waals surface area contributed by atoms with E-state index in [1.165, 1.54) is 5.56 Å². The summed E-state index contributed by atoms with van der Waals surface area (Å²) in [6.45, 7) is 3.94. The lowest BCUT2D eigenvalue weighted by Crippen LogP contribution is -2.54. The van der Waals surface area contributed by atoms with Gasteiger partial charge in [0.1, 0.15) is 6.54 Å². The molecule has 4 rings (SSSR count). The second-order valence-electron chi connectivity index (χ2n) is 9.08. The first kappa shape index (κ1) is 22.1. The summed E-state index contributed by atoms with van der Waals surface area (Å²) >= 11 is 0. The predicted octanol–water partition coefficient (Wildman–Crippen LogP) is 1.09. The van der Waals surface area contributed by atoms with Crippen molar-refractivity contribution in [3.8, 4) is 0 Å². The van der Waals surface area contributed by atoms with E-state index in [2.05, 4.69) is 41.8 Å². The number of hydrogen-bond donors (Lipinski definition) is 2. The average Bonchev–Trinajstić information content (AvgIpc) is 3.05. The van der Waals surface area contributed by atoms with Gasteiger partial charge >= 0.3 is 6.03 Å². The molecule has 0 unspecified atom stereocenters. The Balaban J connectivity index is 1.38. The van der Waals surface area contributed by atoms with E-state index in [4.69, 9.17) is 0 Å². The lowest BCUT2D eigenvalue weighted by molar-refractivity contribution is -0.131. The van der Waals surface area contributed by atoms with E-state index in [0.29, 0.717) is 6.54 Å². The molecule has 2 heterocycles. The lowest BCUT2D eigenvalue weighted by atomic mass is 9.69. The number of rotatable bonds is 5. The molecule has 1 aliphatic carbocycles. The van der Waals surface area contributed by atoms with E-state index in [1.807, 2.05) is 6.07 Å². The number of amides is 3. The zero-order valence-electron chi connectivity index (χ0n) is 18.1. The van der Waals surface area contributed by atoms with Crippen molar-refractivity contribution in [1.82, 2.24) is 20.4 Å². The van der Waals surface area contributed by atoms with Gasteiger partial charge in [-0.2, -0.15) is 0 Å². The Morgan fingerprint density at radius 2 is 1.74 bits per heavy atom. The van der Waals surface area contributed by atoms with Crippen LogP contribution in [-0.4, -0.2) is 79.9 Å². The topological polar surface area (TPSA) is 98.8 Å². The fourth-order valence-electron chi connectivity index (χ4n) is 5.24. The summed E-state index contributed by atoms with van der Waals surface area (Å²) in [7, 11) is -3.04. The zero-order chi connectivity index (χ0) is 22.1. The Bertz CT molecular complexity index is 912. The second-order valence-corrected chi connectivity index (χ2v) is 11.4. The molecule has 3 amide bonds. The van der Waals surface area contributed by atoms with E-state index in [-0.39, 0.29) is 54.2 Å². The van der Waals surface area contributed by atoms with Crippen molar-refractivity contribution in [2.24, 2.45) is 0 Å². The maximum atomic E-state index is 12.7. The second kappa shape index (κ2) is 8.43. The Kier molecular flexibility index (Phi) is 6.00. The molecule has 1 saturated carbocycles. The zero-order valence-corrected chi connectivity index (χ0v) is 18.9. The van der Waals surface area contributed by atoms with Gasteiger partial charge in [0, 0.05) is 25.2 Å². The van der Waals surface area contributed by atoms with Crippen molar-refractivity contribution in [3.05, 3.63) is 35.9 Å². The first-order valence-corrected chi connectivity index (χ1v) is 12.9. The van der Waals surface area contributed by atoms with Gasteiger partial charge in [-0.15, -0.1) is 0 Å². The van der Waals surface area contributed by atoms with Crippen molar-refractivity contribution in [3.63, 3.8) is 0 Å². The van der Waals surface area contributed by atoms with Crippen LogP contribution in [0.5, 0.6) is 0 Å². The molecule has 31 heavy (non-hydrogen) atoms. The van der Waals surface area contributed by atoms with Gasteiger partial charge < -0.3 is 20.4 Å². The van der Waals surface area contributed by atoms with Crippen molar-refractivity contribution in [2.75, 3.05) is 44.2 Å². The molecule has 3 fully saturated rings. The van der Waals surface area contributed by atoms with Crippen molar-refractivity contribution in [2.45, 2.75) is 43.7 Å². The van der Waals surface area contributed by atoms with Crippen LogP contribution in [0.2, 0.25) is 0 Å². The number of hydrogen-bond acceptors (Lipinski definition) is 5. The Morgan fingerprint density at radius 3 is 2.35 bits per heavy atom. The Hall–Kier alpha value is -2.13. The molecule has 0 bridgehead atoms. The van der Waals surface area contributed by atoms with Crippen molar-refractivity contribution < 1.29 is 18.0 Å². The molecule has 0 atom stereocenters. The molecule has 0 radical (unpaired) electrons. The van der Waals surface area contributed by atoms with E-state index in [9.17, 15) is 18.0 Å². The van der Waals surface area contributed by atoms with E-state index >= 15 is 0 Å². The molecule has 1 aromatic rings. The Labute approximate surface area is 184 Å². The number of benzene rings is 1. The summed E-state index contributed by atoms with van der Waals surface area (Å²) in [6, 6.07) is 10.3. The summed E-state index contributed by atoms with van der Waals surface area (Å²) < 4.78 is 23.2.